The van der Waals surface area contributed by atoms with Crippen LogP contribution in [0.4, 0.5) is 0 Å². The molecular weight excluding hydrogens is 292 g/mol. The summed E-state index contributed by atoms with van der Waals surface area (Å²) in [5.74, 6) is -0.661. The average Bonchev–Trinajstić information content (AvgIpc) is 3.31. The number of carbonyl (C=O) groups is 1. The Kier molecular flexibility index (Phi) is 4.97. The van der Waals surface area contributed by atoms with E-state index >= 15 is 0 Å². The van der Waals surface area contributed by atoms with Crippen LogP contribution in [0.5, 0.6) is 0 Å². The lowest BCUT2D eigenvalue weighted by atomic mass is 10.2. The van der Waals surface area contributed by atoms with Gasteiger partial charge in [-0.05, 0) is 32.0 Å². The fourth-order valence-corrected chi connectivity index (χ4v) is 3.33. The minimum atomic E-state index is -3.72. The molecule has 2 rings (SSSR count). The van der Waals surface area contributed by atoms with Gasteiger partial charge in [-0.1, -0.05) is 12.1 Å². The van der Waals surface area contributed by atoms with E-state index in [4.69, 9.17) is 0 Å². The molecule has 6 nitrogen and oxygen atoms in total. The molecule has 1 aliphatic carbocycles. The molecule has 1 N–H and O–H groups in total. The molecule has 116 valence electrons. The van der Waals surface area contributed by atoms with Gasteiger partial charge in [0.25, 0.3) is 0 Å². The molecule has 0 aliphatic heterocycles. The number of hydrogen-bond donors (Lipinski definition) is 1. The largest absolute Gasteiger partial charge is 0.465 e. The molecule has 1 saturated carbocycles. The minimum absolute atomic E-state index is 0.0445. The van der Waals surface area contributed by atoms with E-state index in [0.717, 1.165) is 0 Å². The van der Waals surface area contributed by atoms with Crippen molar-refractivity contribution in [2.45, 2.75) is 23.8 Å². The van der Waals surface area contributed by atoms with Crippen LogP contribution in [0, 0.1) is 0 Å². The first-order valence-electron chi connectivity index (χ1n) is 6.83. The van der Waals surface area contributed by atoms with E-state index < -0.39 is 16.0 Å². The van der Waals surface area contributed by atoms with Crippen LogP contribution >= 0.6 is 0 Å². The van der Waals surface area contributed by atoms with E-state index in [1.54, 1.807) is 12.1 Å². The van der Waals surface area contributed by atoms with E-state index in [-0.39, 0.29) is 10.5 Å². The lowest BCUT2D eigenvalue weighted by Crippen LogP contribution is -2.34. The van der Waals surface area contributed by atoms with E-state index in [2.05, 4.69) is 14.4 Å². The monoisotopic (exact) mass is 312 g/mol. The zero-order valence-corrected chi connectivity index (χ0v) is 13.0. The standard InChI is InChI=1S/C14H20N2O4S/c1-16(11-7-8-11)10-9-15-21(18,19)13-6-4-3-5-12(13)14(17)20-2/h3-6,11,15H,7-10H2,1-2H3. The van der Waals surface area contributed by atoms with E-state index in [0.29, 0.717) is 19.1 Å². The highest BCUT2D eigenvalue weighted by Crippen LogP contribution is 2.24. The molecule has 0 saturated heterocycles. The summed E-state index contributed by atoms with van der Waals surface area (Å²) in [5.41, 5.74) is 0.0445. The molecule has 0 radical (unpaired) electrons. The molecule has 1 aromatic carbocycles. The Morgan fingerprint density at radius 2 is 2.05 bits per heavy atom. The van der Waals surface area contributed by atoms with Crippen molar-refractivity contribution in [3.05, 3.63) is 29.8 Å². The summed E-state index contributed by atoms with van der Waals surface area (Å²) in [6.07, 6.45) is 2.35. The van der Waals surface area contributed by atoms with Gasteiger partial charge < -0.3 is 9.64 Å². The van der Waals surface area contributed by atoms with Crippen LogP contribution in [-0.2, 0) is 14.8 Å². The second-order valence-corrected chi connectivity index (χ2v) is 6.83. The van der Waals surface area contributed by atoms with Gasteiger partial charge in [0.2, 0.25) is 10.0 Å². The van der Waals surface area contributed by atoms with Crippen LogP contribution in [0.3, 0.4) is 0 Å². The van der Waals surface area contributed by atoms with Crippen molar-refractivity contribution >= 4 is 16.0 Å². The van der Waals surface area contributed by atoms with Crippen molar-refractivity contribution < 1.29 is 17.9 Å². The highest BCUT2D eigenvalue weighted by atomic mass is 32.2. The topological polar surface area (TPSA) is 75.7 Å². The molecule has 0 bridgehead atoms. The first kappa shape index (κ1) is 15.9. The van der Waals surface area contributed by atoms with Gasteiger partial charge in [-0.25, -0.2) is 17.9 Å². The summed E-state index contributed by atoms with van der Waals surface area (Å²) >= 11 is 0. The molecule has 0 atom stereocenters. The smallest absolute Gasteiger partial charge is 0.339 e. The van der Waals surface area contributed by atoms with Crippen LogP contribution in [0.15, 0.2) is 29.2 Å². The van der Waals surface area contributed by atoms with Crippen LogP contribution < -0.4 is 4.72 Å². The Balaban J connectivity index is 2.06. The second-order valence-electron chi connectivity index (χ2n) is 5.10. The predicted octanol–water partition coefficient (Wildman–Crippen LogP) is 0.846. The fourth-order valence-electron chi connectivity index (χ4n) is 2.11. The number of nitrogens with one attached hydrogen (secondary N) is 1. The molecule has 0 heterocycles. The van der Waals surface area contributed by atoms with Gasteiger partial charge >= 0.3 is 5.97 Å². The summed E-state index contributed by atoms with van der Waals surface area (Å²) in [5, 5.41) is 0. The predicted molar refractivity (Wildman–Crippen MR) is 78.6 cm³/mol. The lowest BCUT2D eigenvalue weighted by molar-refractivity contribution is 0.0596. The molecule has 0 aromatic heterocycles. The third-order valence-electron chi connectivity index (χ3n) is 3.51. The Morgan fingerprint density at radius 3 is 2.67 bits per heavy atom. The first-order valence-corrected chi connectivity index (χ1v) is 8.31. The van der Waals surface area contributed by atoms with Crippen LogP contribution in [0.1, 0.15) is 23.2 Å². The van der Waals surface area contributed by atoms with Gasteiger partial charge in [-0.3, -0.25) is 0 Å². The maximum atomic E-state index is 12.3. The number of esters is 1. The Hall–Kier alpha value is -1.44. The summed E-state index contributed by atoms with van der Waals surface area (Å²) < 4.78 is 31.8. The molecule has 0 unspecified atom stereocenters. The lowest BCUT2D eigenvalue weighted by Gasteiger charge is -2.16. The number of benzene rings is 1. The van der Waals surface area contributed by atoms with Gasteiger partial charge in [-0.15, -0.1) is 0 Å². The number of carbonyl (C=O) groups excluding carboxylic acids is 1. The summed E-state index contributed by atoms with van der Waals surface area (Å²) in [4.78, 5) is 13.7. The number of hydrogen-bond acceptors (Lipinski definition) is 5. The number of methoxy groups -OCH3 is 1. The van der Waals surface area contributed by atoms with Crippen molar-refractivity contribution in [1.29, 1.82) is 0 Å². The molecule has 0 amide bonds. The number of nitrogens with zero attached hydrogens (tertiary/aromatic N) is 1. The number of sulfonamides is 1. The molecular formula is C14H20N2O4S. The van der Waals surface area contributed by atoms with E-state index in [1.807, 2.05) is 7.05 Å². The van der Waals surface area contributed by atoms with Gasteiger partial charge in [0.05, 0.1) is 17.6 Å². The highest BCUT2D eigenvalue weighted by molar-refractivity contribution is 7.89. The van der Waals surface area contributed by atoms with Gasteiger partial charge in [0.15, 0.2) is 0 Å². The molecule has 1 aliphatic rings. The number of rotatable bonds is 7. The number of ether oxygens (including phenoxy) is 1. The third kappa shape index (κ3) is 4.03. The van der Waals surface area contributed by atoms with Gasteiger partial charge in [-0.2, -0.15) is 0 Å². The maximum absolute atomic E-state index is 12.3. The van der Waals surface area contributed by atoms with E-state index in [1.165, 1.54) is 32.1 Å². The molecule has 1 fully saturated rings. The third-order valence-corrected chi connectivity index (χ3v) is 5.03. The fraction of sp³-hybridized carbons (Fsp3) is 0.500. The Morgan fingerprint density at radius 1 is 1.38 bits per heavy atom. The summed E-state index contributed by atoms with van der Waals surface area (Å²) in [6.45, 7) is 0.954. The minimum Gasteiger partial charge on any atom is -0.465 e. The van der Waals surface area contributed by atoms with E-state index in [9.17, 15) is 13.2 Å². The average molecular weight is 312 g/mol. The normalized spacial score (nSPS) is 15.2. The Labute approximate surface area is 125 Å². The number of likely N-dealkylation sites (N-methyl/N-ethyl adjacent to an activating group) is 1. The summed E-state index contributed by atoms with van der Waals surface area (Å²) in [7, 11) is -0.518. The van der Waals surface area contributed by atoms with Crippen LogP contribution in [-0.4, -0.2) is 52.6 Å². The molecule has 0 spiro atoms. The van der Waals surface area contributed by atoms with Crippen molar-refractivity contribution in [1.82, 2.24) is 9.62 Å². The SMILES string of the molecule is COC(=O)c1ccccc1S(=O)(=O)NCCN(C)C1CC1. The maximum Gasteiger partial charge on any atom is 0.339 e. The molecule has 1 aromatic rings. The van der Waals surface area contributed by atoms with Crippen molar-refractivity contribution in [2.75, 3.05) is 27.2 Å². The van der Waals surface area contributed by atoms with Crippen LogP contribution in [0.25, 0.3) is 0 Å². The zero-order valence-electron chi connectivity index (χ0n) is 12.2. The van der Waals surface area contributed by atoms with Crippen molar-refractivity contribution in [3.63, 3.8) is 0 Å². The van der Waals surface area contributed by atoms with Gasteiger partial charge in [0, 0.05) is 19.1 Å². The summed E-state index contributed by atoms with van der Waals surface area (Å²) in [6, 6.07) is 6.61. The van der Waals surface area contributed by atoms with Crippen LogP contribution in [0.2, 0.25) is 0 Å². The quantitative estimate of drug-likeness (QED) is 0.755. The van der Waals surface area contributed by atoms with Gasteiger partial charge in [0.1, 0.15) is 0 Å². The van der Waals surface area contributed by atoms with Crippen molar-refractivity contribution in [3.8, 4) is 0 Å². The first-order chi connectivity index (χ1) is 9.95. The zero-order chi connectivity index (χ0) is 15.5. The highest BCUT2D eigenvalue weighted by Gasteiger charge is 2.26. The molecule has 7 heteroatoms. The molecule has 21 heavy (non-hydrogen) atoms. The second kappa shape index (κ2) is 6.55. The Bertz CT molecular complexity index is 611. The van der Waals surface area contributed by atoms with Crippen molar-refractivity contribution in [2.24, 2.45) is 0 Å².